The highest BCUT2D eigenvalue weighted by molar-refractivity contribution is 7.15. The van der Waals surface area contributed by atoms with Crippen LogP contribution in [0, 0.1) is 0 Å². The maximum atomic E-state index is 12.5. The highest BCUT2D eigenvalue weighted by atomic mass is 32.1. The molecule has 0 unspecified atom stereocenters. The molecule has 0 aliphatic heterocycles. The Bertz CT molecular complexity index is 1070. The molecule has 2 aromatic heterocycles. The van der Waals surface area contributed by atoms with E-state index in [1.807, 2.05) is 24.3 Å². The Balaban J connectivity index is 1.54. The Morgan fingerprint density at radius 3 is 2.96 bits per heavy atom. The predicted octanol–water partition coefficient (Wildman–Crippen LogP) is 4.96. The Kier molecular flexibility index (Phi) is 4.67. The zero-order valence-corrected chi connectivity index (χ0v) is 15.3. The van der Waals surface area contributed by atoms with Crippen LogP contribution in [0.2, 0.25) is 0 Å². The van der Waals surface area contributed by atoms with Gasteiger partial charge >= 0.3 is 0 Å². The molecular formula is C20H19N3O2S. The molecule has 1 amide bonds. The molecule has 0 radical (unpaired) electrons. The summed E-state index contributed by atoms with van der Waals surface area (Å²) in [6, 6.07) is 12.1. The average Bonchev–Trinajstić information content (AvgIpc) is 3.27. The maximum absolute atomic E-state index is 12.5. The number of furan rings is 1. The fraction of sp³-hybridized carbons (Fsp3) is 0.250. The SMILES string of the molecule is CCCCc1nnc(NC(=O)Cc2coc3ccc4ccccc4c23)s1. The predicted molar refractivity (Wildman–Crippen MR) is 105 cm³/mol. The van der Waals surface area contributed by atoms with Gasteiger partial charge in [0.15, 0.2) is 0 Å². The Labute approximate surface area is 155 Å². The molecule has 2 aromatic carbocycles. The van der Waals surface area contributed by atoms with Crippen molar-refractivity contribution in [3.8, 4) is 0 Å². The number of aryl methyl sites for hydroxylation is 1. The van der Waals surface area contributed by atoms with Gasteiger partial charge < -0.3 is 9.73 Å². The van der Waals surface area contributed by atoms with Crippen LogP contribution in [0.3, 0.4) is 0 Å². The van der Waals surface area contributed by atoms with E-state index in [2.05, 4.69) is 34.6 Å². The van der Waals surface area contributed by atoms with E-state index in [1.165, 1.54) is 11.3 Å². The van der Waals surface area contributed by atoms with E-state index in [9.17, 15) is 4.79 Å². The molecule has 0 aliphatic carbocycles. The summed E-state index contributed by atoms with van der Waals surface area (Å²) in [5.74, 6) is -0.112. The summed E-state index contributed by atoms with van der Waals surface area (Å²) in [6.07, 6.45) is 5.01. The molecule has 0 aliphatic rings. The minimum Gasteiger partial charge on any atom is -0.464 e. The van der Waals surface area contributed by atoms with Gasteiger partial charge in [-0.25, -0.2) is 0 Å². The van der Waals surface area contributed by atoms with Crippen molar-refractivity contribution in [3.05, 3.63) is 53.2 Å². The van der Waals surface area contributed by atoms with E-state index < -0.39 is 0 Å². The molecule has 0 fully saturated rings. The fourth-order valence-electron chi connectivity index (χ4n) is 3.07. The Morgan fingerprint density at radius 1 is 1.19 bits per heavy atom. The number of unbranched alkanes of at least 4 members (excludes halogenated alkanes) is 1. The molecule has 1 N–H and O–H groups in total. The van der Waals surface area contributed by atoms with Crippen LogP contribution < -0.4 is 5.32 Å². The van der Waals surface area contributed by atoms with Crippen molar-refractivity contribution in [1.82, 2.24) is 10.2 Å². The van der Waals surface area contributed by atoms with E-state index in [-0.39, 0.29) is 12.3 Å². The summed E-state index contributed by atoms with van der Waals surface area (Å²) in [6.45, 7) is 2.14. The molecule has 5 nitrogen and oxygen atoms in total. The van der Waals surface area contributed by atoms with Crippen LogP contribution in [0.25, 0.3) is 21.7 Å². The number of hydrogen-bond acceptors (Lipinski definition) is 5. The number of anilines is 1. The summed E-state index contributed by atoms with van der Waals surface area (Å²) in [5.41, 5.74) is 1.68. The van der Waals surface area contributed by atoms with Gasteiger partial charge in [0.25, 0.3) is 0 Å². The van der Waals surface area contributed by atoms with E-state index in [1.54, 1.807) is 6.26 Å². The minimum absolute atomic E-state index is 0.112. The van der Waals surface area contributed by atoms with E-state index >= 15 is 0 Å². The van der Waals surface area contributed by atoms with Gasteiger partial charge in [0.05, 0.1) is 12.7 Å². The number of nitrogens with zero attached hydrogens (tertiary/aromatic N) is 2. The van der Waals surface area contributed by atoms with Crippen molar-refractivity contribution in [2.45, 2.75) is 32.6 Å². The van der Waals surface area contributed by atoms with Gasteiger partial charge in [-0.1, -0.05) is 55.0 Å². The van der Waals surface area contributed by atoms with Crippen molar-refractivity contribution >= 4 is 44.1 Å². The zero-order chi connectivity index (χ0) is 17.9. The number of hydrogen-bond donors (Lipinski definition) is 1. The van der Waals surface area contributed by atoms with Crippen LogP contribution >= 0.6 is 11.3 Å². The van der Waals surface area contributed by atoms with E-state index in [4.69, 9.17) is 4.42 Å². The monoisotopic (exact) mass is 365 g/mol. The maximum Gasteiger partial charge on any atom is 0.230 e. The van der Waals surface area contributed by atoms with Crippen LogP contribution in [0.1, 0.15) is 30.3 Å². The summed E-state index contributed by atoms with van der Waals surface area (Å²) in [4.78, 5) is 12.5. The highest BCUT2D eigenvalue weighted by Gasteiger charge is 2.14. The number of benzene rings is 2. The quantitative estimate of drug-likeness (QED) is 0.524. The Hall–Kier alpha value is -2.73. The smallest absolute Gasteiger partial charge is 0.230 e. The molecule has 6 heteroatoms. The summed E-state index contributed by atoms with van der Waals surface area (Å²) >= 11 is 1.44. The van der Waals surface area contributed by atoms with Crippen molar-refractivity contribution in [2.75, 3.05) is 5.32 Å². The number of nitrogens with one attached hydrogen (secondary N) is 1. The van der Waals surface area contributed by atoms with Gasteiger partial charge in [-0.2, -0.15) is 0 Å². The first-order chi connectivity index (χ1) is 12.7. The highest BCUT2D eigenvalue weighted by Crippen LogP contribution is 2.30. The number of fused-ring (bicyclic) bond motifs is 3. The second-order valence-corrected chi connectivity index (χ2v) is 7.31. The molecule has 0 spiro atoms. The lowest BCUT2D eigenvalue weighted by atomic mass is 10.0. The number of aromatic nitrogens is 2. The van der Waals surface area contributed by atoms with E-state index in [0.29, 0.717) is 5.13 Å². The molecule has 0 saturated carbocycles. The molecule has 4 aromatic rings. The van der Waals surface area contributed by atoms with Crippen molar-refractivity contribution in [2.24, 2.45) is 0 Å². The first-order valence-corrected chi connectivity index (χ1v) is 9.56. The largest absolute Gasteiger partial charge is 0.464 e. The topological polar surface area (TPSA) is 68.0 Å². The lowest BCUT2D eigenvalue weighted by Crippen LogP contribution is -2.14. The first kappa shape index (κ1) is 16.7. The molecule has 4 rings (SSSR count). The summed E-state index contributed by atoms with van der Waals surface area (Å²) in [7, 11) is 0. The average molecular weight is 365 g/mol. The number of carbonyl (C=O) groups is 1. The second kappa shape index (κ2) is 7.25. The lowest BCUT2D eigenvalue weighted by molar-refractivity contribution is -0.115. The molecule has 0 bridgehead atoms. The van der Waals surface area contributed by atoms with Crippen LogP contribution in [0.5, 0.6) is 0 Å². The third kappa shape index (κ3) is 3.32. The van der Waals surface area contributed by atoms with Gasteiger partial charge in [-0.3, -0.25) is 4.79 Å². The standard InChI is InChI=1S/C20H19N3O2S/c1-2-3-8-18-22-23-20(26-18)21-17(24)11-14-12-25-16-10-9-13-6-4-5-7-15(13)19(14)16/h4-7,9-10,12H,2-3,8,11H2,1H3,(H,21,23,24). The molecule has 0 atom stereocenters. The molecular weight excluding hydrogens is 346 g/mol. The van der Waals surface area contributed by atoms with Gasteiger partial charge in [0.1, 0.15) is 10.6 Å². The minimum atomic E-state index is -0.112. The van der Waals surface area contributed by atoms with Crippen LogP contribution in [0.15, 0.2) is 47.1 Å². The lowest BCUT2D eigenvalue weighted by Gasteiger charge is -2.02. The van der Waals surface area contributed by atoms with Crippen LogP contribution in [-0.2, 0) is 17.6 Å². The molecule has 132 valence electrons. The van der Waals surface area contributed by atoms with Gasteiger partial charge in [0.2, 0.25) is 11.0 Å². The van der Waals surface area contributed by atoms with Gasteiger partial charge in [-0.05, 0) is 23.3 Å². The van der Waals surface area contributed by atoms with E-state index in [0.717, 1.165) is 51.6 Å². The number of carbonyl (C=O) groups excluding carboxylic acids is 1. The molecule has 26 heavy (non-hydrogen) atoms. The van der Waals surface area contributed by atoms with Crippen molar-refractivity contribution in [1.29, 1.82) is 0 Å². The molecule has 0 saturated heterocycles. The summed E-state index contributed by atoms with van der Waals surface area (Å²) < 4.78 is 5.65. The molecule has 2 heterocycles. The fourth-order valence-corrected chi connectivity index (χ4v) is 3.87. The normalized spacial score (nSPS) is 11.3. The van der Waals surface area contributed by atoms with Crippen molar-refractivity contribution < 1.29 is 9.21 Å². The second-order valence-electron chi connectivity index (χ2n) is 6.25. The van der Waals surface area contributed by atoms with Crippen molar-refractivity contribution in [3.63, 3.8) is 0 Å². The van der Waals surface area contributed by atoms with Gasteiger partial charge in [0, 0.05) is 17.4 Å². The van der Waals surface area contributed by atoms with Crippen LogP contribution in [0.4, 0.5) is 5.13 Å². The van der Waals surface area contributed by atoms with Crippen LogP contribution in [-0.4, -0.2) is 16.1 Å². The summed E-state index contributed by atoms with van der Waals surface area (Å²) in [5, 5.41) is 15.8. The zero-order valence-electron chi connectivity index (χ0n) is 14.5. The number of amides is 1. The number of rotatable bonds is 6. The first-order valence-electron chi connectivity index (χ1n) is 8.74. The third-order valence-corrected chi connectivity index (χ3v) is 5.25. The third-order valence-electron chi connectivity index (χ3n) is 4.35. The Morgan fingerprint density at radius 2 is 2.08 bits per heavy atom. The van der Waals surface area contributed by atoms with Gasteiger partial charge in [-0.15, -0.1) is 10.2 Å².